The van der Waals surface area contributed by atoms with E-state index >= 15 is 0 Å². The number of nitrogens with zero attached hydrogens (tertiary/aromatic N) is 21. The number of nitrogen functional groups attached to an aromatic ring is 1. The quantitative estimate of drug-likeness (QED) is 0.0966. The Balaban J connectivity index is 0.000000126. The second-order valence-corrected chi connectivity index (χ2v) is 23.4. The number of methoxy groups -OCH3 is 4. The molecule has 16 rings (SSSR count). The molecule has 0 aromatic carbocycles. The van der Waals surface area contributed by atoms with Gasteiger partial charge in [0.15, 0.2) is 17.1 Å². The number of ketones is 3. The number of nitrogens with two attached hydrogens (primary N) is 1. The van der Waals surface area contributed by atoms with Gasteiger partial charge in [-0.25, -0.2) is 52.5 Å². The number of hydrogen-bond donors (Lipinski definition) is 5. The summed E-state index contributed by atoms with van der Waals surface area (Å²) in [6.45, 7) is 2.92. The monoisotopic (exact) mass is 1410 g/mol. The minimum atomic E-state index is -0.634. The van der Waals surface area contributed by atoms with E-state index in [0.717, 1.165) is 35.5 Å². The average molecular weight is 1420 g/mol. The first-order chi connectivity index (χ1) is 45.6. The molecule has 1 spiro atoms. The van der Waals surface area contributed by atoms with Gasteiger partial charge in [-0.15, -0.1) is 0 Å². The van der Waals surface area contributed by atoms with E-state index in [1.165, 1.54) is 31.4 Å². The fraction of sp³-hybridized carbons (Fsp3) is 0.481. The number of Topliss-reactive ketones (excluding diaryl/α,β-unsaturated/α-hetero) is 3. The molecule has 1 radical (unpaired) electrons. The van der Waals surface area contributed by atoms with E-state index in [2.05, 4.69) is 132 Å². The van der Waals surface area contributed by atoms with Crippen LogP contribution in [0.15, 0.2) is 63.7 Å². The van der Waals surface area contributed by atoms with Crippen molar-refractivity contribution in [2.24, 2.45) is 4.30 Å². The van der Waals surface area contributed by atoms with Crippen molar-refractivity contribution < 1.29 is 62.2 Å². The van der Waals surface area contributed by atoms with Crippen LogP contribution in [0.2, 0.25) is 0 Å². The van der Waals surface area contributed by atoms with E-state index in [-0.39, 0.29) is 84.8 Å². The number of carbonyl (C=O) groups excluding carboxylic acids is 3. The number of carbonyl (C=O) groups is 3. The molecule has 5 N–H and O–H groups in total. The van der Waals surface area contributed by atoms with Crippen molar-refractivity contribution in [1.29, 1.82) is 0 Å². The van der Waals surface area contributed by atoms with Gasteiger partial charge < -0.3 is 49.5 Å². The maximum absolute atomic E-state index is 11.1. The number of imidazole rings is 5. The summed E-state index contributed by atoms with van der Waals surface area (Å²) >= 11 is 9.85. The SMILES string of the molecule is COc1ncnn2c(C3CC(=O)C3)ncc12.COc1ncnn2c(C3CC4(C3)OCCO4)ncc12.OCCO.[2H]c1nc(N)c2c(Br)nc(C3CC(C)(O)C3)n2n1.[2H]c1nc(OC)c2c(Br)nc(C3CC(=O)C3)n2n1.[2H]c1nc(OC)c2cnc(C3CC(=O)C3)n2n1.[B]=NS. The second-order valence-electron chi connectivity index (χ2n) is 21.7. The number of aliphatic hydroxyl groups excluding tert-OH is 2. The summed E-state index contributed by atoms with van der Waals surface area (Å²) in [7, 11) is 10.5. The van der Waals surface area contributed by atoms with Crippen molar-refractivity contribution in [1.82, 2.24) is 97.9 Å². The molecule has 483 valence electrons. The van der Waals surface area contributed by atoms with Crippen LogP contribution < -0.4 is 24.7 Å². The normalized spacial score (nSPS) is 19.4. The molecule has 6 aliphatic rings. The van der Waals surface area contributed by atoms with Crippen LogP contribution in [-0.2, 0) is 23.9 Å². The average Bonchev–Trinajstić information content (AvgIpc) is 1.67. The first kappa shape index (κ1) is 62.5. The van der Waals surface area contributed by atoms with Gasteiger partial charge in [-0.1, -0.05) is 0 Å². The summed E-state index contributed by atoms with van der Waals surface area (Å²) in [6, 6.07) is 0. The Morgan fingerprint density at radius 2 is 0.935 bits per heavy atom. The third kappa shape index (κ3) is 14.0. The molecule has 10 aromatic rings. The van der Waals surface area contributed by atoms with Crippen molar-refractivity contribution in [2.45, 2.75) is 112 Å². The number of aromatic nitrogens is 20. The summed E-state index contributed by atoms with van der Waals surface area (Å²) in [4.78, 5) is 74.4. The zero-order valence-corrected chi connectivity index (χ0v) is 54.0. The Hall–Kier alpha value is -8.27. The van der Waals surface area contributed by atoms with E-state index < -0.39 is 5.60 Å². The Morgan fingerprint density at radius 3 is 1.37 bits per heavy atom. The predicted octanol–water partition coefficient (Wildman–Crippen LogP) is 3.51. The zero-order chi connectivity index (χ0) is 68.0. The number of ether oxygens (including phenoxy) is 6. The summed E-state index contributed by atoms with van der Waals surface area (Å²) in [5.74, 6) is 6.88. The summed E-state index contributed by atoms with van der Waals surface area (Å²) in [5, 5.41) is 45.5. The van der Waals surface area contributed by atoms with Gasteiger partial charge in [0.05, 0.1) is 79.1 Å². The van der Waals surface area contributed by atoms with E-state index in [0.29, 0.717) is 137 Å². The Morgan fingerprint density at radius 1 is 0.576 bits per heavy atom. The number of halogens is 2. The van der Waals surface area contributed by atoms with Crippen molar-refractivity contribution in [3.8, 4) is 23.5 Å². The Kier molecular flexibility index (Phi) is 19.8. The molecule has 34 nitrogen and oxygen atoms in total. The molecule has 1 saturated heterocycles. The van der Waals surface area contributed by atoms with E-state index in [4.69, 9.17) is 48.5 Å². The van der Waals surface area contributed by atoms with Crippen molar-refractivity contribution in [2.75, 3.05) is 60.6 Å². The Labute approximate surface area is 549 Å². The number of anilines is 1. The molecule has 0 unspecified atom stereocenters. The fourth-order valence-electron chi connectivity index (χ4n) is 10.9. The van der Waals surface area contributed by atoms with Gasteiger partial charge in [0.1, 0.15) is 113 Å². The molecular weight excluding hydrogens is 1350 g/mol. The number of thiol groups is 1. The van der Waals surface area contributed by atoms with Gasteiger partial charge in [-0.05, 0) is 51.6 Å². The second kappa shape index (κ2) is 29.1. The van der Waals surface area contributed by atoms with Gasteiger partial charge in [-0.2, -0.15) is 45.4 Å². The van der Waals surface area contributed by atoms with Gasteiger partial charge in [0.25, 0.3) is 0 Å². The number of rotatable bonds is 10. The predicted molar refractivity (Wildman–Crippen MR) is 331 cm³/mol. The summed E-state index contributed by atoms with van der Waals surface area (Å²) < 4.78 is 66.3. The molecule has 1 aliphatic heterocycles. The molecule has 0 bridgehead atoms. The molecular formula is C54H62BBr2N22O12S. The molecule has 0 atom stereocenters. The molecule has 6 fully saturated rings. The molecule has 10 aromatic heterocycles. The molecule has 38 heteroatoms. The number of aliphatic hydroxyl groups is 3. The van der Waals surface area contributed by atoms with Crippen molar-refractivity contribution in [3.05, 3.63) is 88.5 Å². The van der Waals surface area contributed by atoms with Crippen LogP contribution in [-0.4, -0.2) is 204 Å². The number of fused-ring (bicyclic) bond motifs is 5. The summed E-state index contributed by atoms with van der Waals surface area (Å²) in [6.07, 6.45) is 13.5. The van der Waals surface area contributed by atoms with Crippen LogP contribution in [0.4, 0.5) is 5.82 Å². The minimum absolute atomic E-state index is 0.0651. The molecule has 0 amide bonds. The maximum atomic E-state index is 11.1. The van der Waals surface area contributed by atoms with Crippen LogP contribution in [0, 0.1) is 0 Å². The van der Waals surface area contributed by atoms with Crippen molar-refractivity contribution >= 4 is 103 Å². The fourth-order valence-corrected chi connectivity index (χ4v) is 12.0. The molecule has 5 aliphatic carbocycles. The van der Waals surface area contributed by atoms with Gasteiger partial charge in [0.2, 0.25) is 23.5 Å². The van der Waals surface area contributed by atoms with E-state index in [1.54, 1.807) is 57.8 Å². The van der Waals surface area contributed by atoms with Crippen LogP contribution >= 0.6 is 44.7 Å². The van der Waals surface area contributed by atoms with Crippen LogP contribution in [0.5, 0.6) is 23.5 Å². The van der Waals surface area contributed by atoms with E-state index in [1.807, 2.05) is 0 Å². The first-order valence-electron chi connectivity index (χ1n) is 29.8. The van der Waals surface area contributed by atoms with Gasteiger partial charge in [-0.3, -0.25) is 14.4 Å². The summed E-state index contributed by atoms with van der Waals surface area (Å²) in [5.41, 5.74) is 8.45. The van der Waals surface area contributed by atoms with Crippen molar-refractivity contribution in [3.63, 3.8) is 0 Å². The Bertz CT molecular complexity index is 4440. The third-order valence-corrected chi connectivity index (χ3v) is 16.6. The number of hydrogen-bond acceptors (Lipinski definition) is 30. The van der Waals surface area contributed by atoms with Crippen LogP contribution in [0.1, 0.15) is 134 Å². The van der Waals surface area contributed by atoms with Crippen LogP contribution in [0.25, 0.3) is 27.6 Å². The molecule has 11 heterocycles. The van der Waals surface area contributed by atoms with Gasteiger partial charge in [0, 0.05) is 81.0 Å². The topological polar surface area (TPSA) is 421 Å². The zero-order valence-electron chi connectivity index (χ0n) is 52.9. The van der Waals surface area contributed by atoms with Crippen LogP contribution in [0.3, 0.4) is 0 Å². The first-order valence-corrected chi connectivity index (χ1v) is 30.3. The van der Waals surface area contributed by atoms with E-state index in [9.17, 15) is 19.5 Å². The van der Waals surface area contributed by atoms with Gasteiger partial charge >= 0.3 is 24.8 Å². The molecule has 5 saturated carbocycles. The third-order valence-electron chi connectivity index (χ3n) is 15.5. The molecule has 92 heavy (non-hydrogen) atoms. The standard InChI is InChI=1S/C12H14N4O3.C10H12BrN5O.C10H9BrN4O2.2C10H10N4O2.C2H6O2.BHNS/c1-17-11-9-6-13-10(16(9)15-7-14-11)8-4-12(5-8)18-2-3-19-12;1-10(17)2-5(3-10)9-15-7(11)6-8(12)13-4-14-16(6)9;1-17-10-7-8(11)14-9(5-2-6(16)3-5)15(7)13-4-12-10;2*1-16-10-8-4-11-9(6-2-7(15)3-6)14(8)13-5-12-10;3-1-2-4;1-2-3/h6-8H,2-5H2,1H3;4-5,17H,2-3H2,1H3,(H2,12,13,14);4-5H,2-3H2,1H3;2*4-6H,2-3H2,1H3;3-4H,1-2H2;3H/i;2*4D;5D;;;.